The zero-order valence-corrected chi connectivity index (χ0v) is 20.5. The van der Waals surface area contributed by atoms with Gasteiger partial charge in [-0.3, -0.25) is 0 Å². The summed E-state index contributed by atoms with van der Waals surface area (Å²) in [6.45, 7) is 2.89. The second kappa shape index (κ2) is 11.7. The first kappa shape index (κ1) is 24.5. The van der Waals surface area contributed by atoms with Crippen molar-refractivity contribution in [3.63, 3.8) is 0 Å². The van der Waals surface area contributed by atoms with E-state index < -0.39 is 0 Å². The first-order valence-electron chi connectivity index (χ1n) is 12.2. The van der Waals surface area contributed by atoms with Crippen LogP contribution >= 0.6 is 0 Å². The first-order chi connectivity index (χ1) is 16.7. The van der Waals surface area contributed by atoms with Crippen LogP contribution in [0.15, 0.2) is 30.3 Å². The average Bonchev–Trinajstić information content (AvgIpc) is 3.20. The number of ether oxygens (including phenoxy) is 4. The lowest BCUT2D eigenvalue weighted by atomic mass is 9.82. The standard InChI is InChI=1S/C27H36N2O5/c1-4-20-10-12-23-25(19-8-6-5-7-9-19)26(29(14-15-30)27(23)28-20)22-13-11-21(33-17-31-2)16-24(22)34-18-32-3/h10-13,16,19,30H,4-9,14-15,17-18H2,1-3H3. The molecule has 34 heavy (non-hydrogen) atoms. The Balaban J connectivity index is 1.96. The number of rotatable bonds is 11. The third-order valence-electron chi connectivity index (χ3n) is 6.59. The van der Waals surface area contributed by atoms with Gasteiger partial charge in [-0.2, -0.15) is 0 Å². The molecule has 0 radical (unpaired) electrons. The van der Waals surface area contributed by atoms with Crippen molar-refractivity contribution in [1.29, 1.82) is 0 Å². The second-order valence-electron chi connectivity index (χ2n) is 8.76. The van der Waals surface area contributed by atoms with E-state index in [-0.39, 0.29) is 20.2 Å². The molecule has 0 aliphatic heterocycles. The molecule has 0 atom stereocenters. The van der Waals surface area contributed by atoms with Gasteiger partial charge in [0.1, 0.15) is 17.1 Å². The highest BCUT2D eigenvalue weighted by Crippen LogP contribution is 2.46. The number of methoxy groups -OCH3 is 2. The normalized spacial score (nSPS) is 14.6. The van der Waals surface area contributed by atoms with Gasteiger partial charge in [-0.15, -0.1) is 0 Å². The van der Waals surface area contributed by atoms with Crippen LogP contribution in [0.2, 0.25) is 0 Å². The summed E-state index contributed by atoms with van der Waals surface area (Å²) in [5, 5.41) is 11.2. The van der Waals surface area contributed by atoms with Crippen molar-refractivity contribution >= 4 is 11.0 Å². The quantitative estimate of drug-likeness (QED) is 0.386. The van der Waals surface area contributed by atoms with Crippen LogP contribution in [0, 0.1) is 0 Å². The lowest BCUT2D eigenvalue weighted by molar-refractivity contribution is 0.0463. The van der Waals surface area contributed by atoms with Gasteiger partial charge in [-0.1, -0.05) is 26.2 Å². The Labute approximate surface area is 201 Å². The van der Waals surface area contributed by atoms with Crippen LogP contribution in [0.3, 0.4) is 0 Å². The summed E-state index contributed by atoms with van der Waals surface area (Å²) in [7, 11) is 3.20. The molecule has 1 aliphatic carbocycles. The molecule has 1 aromatic carbocycles. The van der Waals surface area contributed by atoms with Crippen LogP contribution < -0.4 is 9.47 Å². The summed E-state index contributed by atoms with van der Waals surface area (Å²) in [4.78, 5) is 5.01. The third-order valence-corrected chi connectivity index (χ3v) is 6.59. The SMILES string of the molecule is CCc1ccc2c(C3CCCCC3)c(-c3ccc(OCOC)cc3OCOC)n(CCO)c2n1. The van der Waals surface area contributed by atoms with E-state index >= 15 is 0 Å². The van der Waals surface area contributed by atoms with Gasteiger partial charge < -0.3 is 28.6 Å². The van der Waals surface area contributed by atoms with E-state index in [1.165, 1.54) is 30.2 Å². The van der Waals surface area contributed by atoms with E-state index in [9.17, 15) is 5.11 Å². The zero-order valence-electron chi connectivity index (χ0n) is 20.5. The summed E-state index contributed by atoms with van der Waals surface area (Å²) < 4.78 is 24.2. The third kappa shape index (κ3) is 5.06. The Morgan fingerprint density at radius 2 is 1.76 bits per heavy atom. The highest BCUT2D eigenvalue weighted by Gasteiger charge is 2.28. The number of aromatic nitrogens is 2. The van der Waals surface area contributed by atoms with Crippen LogP contribution in [-0.2, 0) is 22.4 Å². The minimum absolute atomic E-state index is 0.0300. The summed E-state index contributed by atoms with van der Waals surface area (Å²) in [5.74, 6) is 1.78. The summed E-state index contributed by atoms with van der Waals surface area (Å²) in [6, 6.07) is 10.2. The number of fused-ring (bicyclic) bond motifs is 1. The topological polar surface area (TPSA) is 75.0 Å². The van der Waals surface area contributed by atoms with E-state index in [1.807, 2.05) is 18.2 Å². The first-order valence-corrected chi connectivity index (χ1v) is 12.2. The van der Waals surface area contributed by atoms with E-state index in [4.69, 9.17) is 23.9 Å². The van der Waals surface area contributed by atoms with Gasteiger partial charge in [0.15, 0.2) is 13.6 Å². The Morgan fingerprint density at radius 3 is 2.47 bits per heavy atom. The van der Waals surface area contributed by atoms with E-state index in [0.29, 0.717) is 24.0 Å². The maximum atomic E-state index is 10.0. The fourth-order valence-electron chi connectivity index (χ4n) is 5.05. The van der Waals surface area contributed by atoms with Crippen molar-refractivity contribution in [2.24, 2.45) is 0 Å². The number of aryl methyl sites for hydroxylation is 1. The Bertz CT molecular complexity index is 1090. The minimum Gasteiger partial charge on any atom is -0.467 e. The fourth-order valence-corrected chi connectivity index (χ4v) is 5.05. The molecule has 7 nitrogen and oxygen atoms in total. The Morgan fingerprint density at radius 1 is 1.00 bits per heavy atom. The van der Waals surface area contributed by atoms with E-state index in [2.05, 4.69) is 23.6 Å². The van der Waals surface area contributed by atoms with Gasteiger partial charge in [0.25, 0.3) is 0 Å². The molecular formula is C27H36N2O5. The number of aliphatic hydroxyl groups is 1. The lowest BCUT2D eigenvalue weighted by Crippen LogP contribution is -2.10. The van der Waals surface area contributed by atoms with Gasteiger partial charge >= 0.3 is 0 Å². The maximum absolute atomic E-state index is 10.0. The molecular weight excluding hydrogens is 432 g/mol. The van der Waals surface area contributed by atoms with Crippen LogP contribution in [0.1, 0.15) is 56.2 Å². The van der Waals surface area contributed by atoms with E-state index in [0.717, 1.165) is 41.9 Å². The summed E-state index contributed by atoms with van der Waals surface area (Å²) in [6.07, 6.45) is 6.92. The van der Waals surface area contributed by atoms with Crippen LogP contribution in [0.5, 0.6) is 11.5 Å². The number of hydrogen-bond acceptors (Lipinski definition) is 6. The lowest BCUT2D eigenvalue weighted by Gasteiger charge is -2.24. The predicted octanol–water partition coefficient (Wildman–Crippen LogP) is 5.27. The number of aliphatic hydroxyl groups excluding tert-OH is 1. The zero-order chi connectivity index (χ0) is 23.9. The molecule has 1 saturated carbocycles. The fraction of sp³-hybridized carbons (Fsp3) is 0.519. The van der Waals surface area contributed by atoms with Gasteiger partial charge in [-0.05, 0) is 55.0 Å². The van der Waals surface area contributed by atoms with Crippen molar-refractivity contribution < 1.29 is 24.1 Å². The average molecular weight is 469 g/mol. The van der Waals surface area contributed by atoms with Crippen molar-refractivity contribution in [3.8, 4) is 22.8 Å². The van der Waals surface area contributed by atoms with Crippen molar-refractivity contribution in [2.75, 3.05) is 34.4 Å². The molecule has 184 valence electrons. The largest absolute Gasteiger partial charge is 0.467 e. The molecule has 1 N–H and O–H groups in total. The van der Waals surface area contributed by atoms with Crippen LogP contribution in [0.4, 0.5) is 0 Å². The molecule has 0 bridgehead atoms. The van der Waals surface area contributed by atoms with Crippen molar-refractivity contribution in [3.05, 3.63) is 41.6 Å². The second-order valence-corrected chi connectivity index (χ2v) is 8.76. The molecule has 3 aromatic rings. The van der Waals surface area contributed by atoms with Gasteiger partial charge in [0.05, 0.1) is 12.3 Å². The molecule has 0 unspecified atom stereocenters. The van der Waals surface area contributed by atoms with Gasteiger partial charge in [-0.25, -0.2) is 4.98 Å². The van der Waals surface area contributed by atoms with Crippen LogP contribution in [0.25, 0.3) is 22.3 Å². The number of pyridine rings is 1. The molecule has 0 amide bonds. The predicted molar refractivity (Wildman–Crippen MR) is 132 cm³/mol. The highest BCUT2D eigenvalue weighted by atomic mass is 16.7. The maximum Gasteiger partial charge on any atom is 0.188 e. The molecule has 7 heteroatoms. The van der Waals surface area contributed by atoms with Gasteiger partial charge in [0, 0.05) is 43.5 Å². The van der Waals surface area contributed by atoms with Crippen molar-refractivity contribution in [1.82, 2.24) is 9.55 Å². The molecule has 2 heterocycles. The number of nitrogens with zero attached hydrogens (tertiary/aromatic N) is 2. The molecule has 1 aliphatic rings. The molecule has 4 rings (SSSR count). The molecule has 0 saturated heterocycles. The summed E-state index contributed by atoms with van der Waals surface area (Å²) >= 11 is 0. The smallest absolute Gasteiger partial charge is 0.188 e. The number of benzene rings is 1. The Hall–Kier alpha value is -2.61. The van der Waals surface area contributed by atoms with Crippen molar-refractivity contribution in [2.45, 2.75) is 57.9 Å². The number of hydrogen-bond donors (Lipinski definition) is 1. The van der Waals surface area contributed by atoms with E-state index in [1.54, 1.807) is 14.2 Å². The summed E-state index contributed by atoms with van der Waals surface area (Å²) in [5.41, 5.74) is 5.31. The van der Waals surface area contributed by atoms with Gasteiger partial charge in [0.2, 0.25) is 0 Å². The van der Waals surface area contributed by atoms with Crippen LogP contribution in [-0.4, -0.2) is 49.1 Å². The molecule has 0 spiro atoms. The molecule has 1 fully saturated rings. The minimum atomic E-state index is 0.0300. The Kier molecular flexibility index (Phi) is 8.43. The highest BCUT2D eigenvalue weighted by molar-refractivity contribution is 5.92. The monoisotopic (exact) mass is 468 g/mol. The molecule has 2 aromatic heterocycles.